The first kappa shape index (κ1) is 20.2. The molecule has 1 aromatic carbocycles. The minimum atomic E-state index is 0.877. The zero-order valence-electron chi connectivity index (χ0n) is 17.1. The van der Waals surface area contributed by atoms with Crippen LogP contribution in [0.5, 0.6) is 0 Å². The van der Waals surface area contributed by atoms with Crippen molar-refractivity contribution in [1.29, 1.82) is 0 Å². The minimum Gasteiger partial charge on any atom is -0.372 e. The van der Waals surface area contributed by atoms with E-state index >= 15 is 0 Å². The van der Waals surface area contributed by atoms with Crippen molar-refractivity contribution < 1.29 is 0 Å². The Morgan fingerprint density at radius 3 is 2.30 bits per heavy atom. The van der Waals surface area contributed by atoms with Gasteiger partial charge in [0.05, 0.1) is 0 Å². The van der Waals surface area contributed by atoms with E-state index in [-0.39, 0.29) is 0 Å². The van der Waals surface area contributed by atoms with Gasteiger partial charge in [0, 0.05) is 31.4 Å². The normalized spacial score (nSPS) is 18.5. The highest BCUT2D eigenvalue weighted by atomic mass is 15.2. The van der Waals surface area contributed by atoms with E-state index in [0.717, 1.165) is 12.0 Å². The lowest BCUT2D eigenvalue weighted by Crippen LogP contribution is -2.45. The SMILES string of the molecule is C=CCCCCCN(CC1CCN(c2ccc(C=C)cc2)CC1)C1CCC1. The molecule has 1 aliphatic heterocycles. The van der Waals surface area contributed by atoms with E-state index in [0.29, 0.717) is 0 Å². The second-order valence-corrected chi connectivity index (χ2v) is 8.44. The third-order valence-electron chi connectivity index (χ3n) is 6.55. The Bertz CT molecular complexity index is 564. The predicted molar refractivity (Wildman–Crippen MR) is 119 cm³/mol. The Balaban J connectivity index is 1.43. The Labute approximate surface area is 166 Å². The summed E-state index contributed by atoms with van der Waals surface area (Å²) in [5, 5.41) is 0. The molecule has 1 saturated heterocycles. The molecule has 2 nitrogen and oxygen atoms in total. The molecule has 3 rings (SSSR count). The van der Waals surface area contributed by atoms with Crippen LogP contribution in [0.15, 0.2) is 43.5 Å². The predicted octanol–water partition coefficient (Wildman–Crippen LogP) is 6.15. The summed E-state index contributed by atoms with van der Waals surface area (Å²) in [6.07, 6.45) is 16.2. The molecule has 2 aliphatic rings. The van der Waals surface area contributed by atoms with Crippen LogP contribution < -0.4 is 4.90 Å². The summed E-state index contributed by atoms with van der Waals surface area (Å²) < 4.78 is 0. The van der Waals surface area contributed by atoms with Crippen LogP contribution in [0, 0.1) is 5.92 Å². The first-order valence-electron chi connectivity index (χ1n) is 11.1. The molecule has 0 spiro atoms. The maximum Gasteiger partial charge on any atom is 0.0366 e. The first-order chi connectivity index (χ1) is 13.3. The zero-order valence-corrected chi connectivity index (χ0v) is 17.1. The molecule has 0 radical (unpaired) electrons. The average molecular weight is 367 g/mol. The summed E-state index contributed by atoms with van der Waals surface area (Å²) in [5.41, 5.74) is 2.58. The van der Waals surface area contributed by atoms with Crippen molar-refractivity contribution in [2.24, 2.45) is 5.92 Å². The fourth-order valence-electron chi connectivity index (χ4n) is 4.48. The van der Waals surface area contributed by atoms with Crippen LogP contribution in [0.3, 0.4) is 0 Å². The molecule has 27 heavy (non-hydrogen) atoms. The third kappa shape index (κ3) is 5.97. The van der Waals surface area contributed by atoms with Gasteiger partial charge in [0.25, 0.3) is 0 Å². The minimum absolute atomic E-state index is 0.877. The van der Waals surface area contributed by atoms with Crippen molar-refractivity contribution in [3.63, 3.8) is 0 Å². The zero-order chi connectivity index (χ0) is 18.9. The van der Waals surface area contributed by atoms with Gasteiger partial charge in [-0.3, -0.25) is 0 Å². The third-order valence-corrected chi connectivity index (χ3v) is 6.55. The van der Waals surface area contributed by atoms with Crippen LogP contribution >= 0.6 is 0 Å². The average Bonchev–Trinajstić information content (AvgIpc) is 2.67. The first-order valence-corrected chi connectivity index (χ1v) is 11.1. The van der Waals surface area contributed by atoms with Gasteiger partial charge in [0.2, 0.25) is 0 Å². The van der Waals surface area contributed by atoms with Crippen molar-refractivity contribution in [3.05, 3.63) is 49.1 Å². The summed E-state index contributed by atoms with van der Waals surface area (Å²) in [6, 6.07) is 9.75. The largest absolute Gasteiger partial charge is 0.372 e. The molecule has 1 aliphatic carbocycles. The highest BCUT2D eigenvalue weighted by Crippen LogP contribution is 2.29. The summed E-state index contributed by atoms with van der Waals surface area (Å²) >= 11 is 0. The Hall–Kier alpha value is -1.54. The van der Waals surface area contributed by atoms with Gasteiger partial charge < -0.3 is 9.80 Å². The highest BCUT2D eigenvalue weighted by Gasteiger charge is 2.28. The molecule has 1 heterocycles. The maximum atomic E-state index is 3.85. The summed E-state index contributed by atoms with van der Waals surface area (Å²) in [4.78, 5) is 5.41. The lowest BCUT2D eigenvalue weighted by molar-refractivity contribution is 0.0986. The molecule has 0 atom stereocenters. The van der Waals surface area contributed by atoms with Crippen LogP contribution in [-0.4, -0.2) is 37.1 Å². The Kier molecular flexibility index (Phi) is 8.01. The number of unbranched alkanes of at least 4 members (excludes halogenated alkanes) is 3. The highest BCUT2D eigenvalue weighted by molar-refractivity contribution is 5.55. The number of nitrogens with zero attached hydrogens (tertiary/aromatic N) is 2. The fraction of sp³-hybridized carbons (Fsp3) is 0.600. The van der Waals surface area contributed by atoms with E-state index in [1.807, 2.05) is 6.08 Å². The standard InChI is InChI=1S/C25H38N2/c1-3-5-6-7-8-18-27(24-10-9-11-24)21-23-16-19-26(20-17-23)25-14-12-22(4-2)13-15-25/h3-4,12-15,23-24H,1-2,5-11,16-21H2. The number of hydrogen-bond acceptors (Lipinski definition) is 2. The molecular weight excluding hydrogens is 328 g/mol. The summed E-state index contributed by atoms with van der Waals surface area (Å²) in [6.45, 7) is 12.7. The lowest BCUT2D eigenvalue weighted by atomic mass is 9.88. The molecule has 0 aromatic heterocycles. The topological polar surface area (TPSA) is 6.48 Å². The van der Waals surface area contributed by atoms with Crippen LogP contribution in [0.25, 0.3) is 6.08 Å². The second-order valence-electron chi connectivity index (χ2n) is 8.44. The molecule has 1 aromatic rings. The number of anilines is 1. The van der Waals surface area contributed by atoms with Gasteiger partial charge in [0.15, 0.2) is 0 Å². The molecular formula is C25H38N2. The van der Waals surface area contributed by atoms with Gasteiger partial charge in [-0.2, -0.15) is 0 Å². The van der Waals surface area contributed by atoms with E-state index < -0.39 is 0 Å². The monoisotopic (exact) mass is 366 g/mol. The van der Waals surface area contributed by atoms with Crippen molar-refractivity contribution >= 4 is 11.8 Å². The quantitative estimate of drug-likeness (QED) is 0.342. The van der Waals surface area contributed by atoms with Gasteiger partial charge in [-0.15, -0.1) is 6.58 Å². The Morgan fingerprint density at radius 2 is 1.70 bits per heavy atom. The van der Waals surface area contributed by atoms with Gasteiger partial charge >= 0.3 is 0 Å². The summed E-state index contributed by atoms with van der Waals surface area (Å²) in [5.74, 6) is 0.877. The van der Waals surface area contributed by atoms with Crippen LogP contribution in [-0.2, 0) is 0 Å². The number of allylic oxidation sites excluding steroid dienone is 1. The second kappa shape index (κ2) is 10.7. The van der Waals surface area contributed by atoms with Gasteiger partial charge in [0.1, 0.15) is 0 Å². The Morgan fingerprint density at radius 1 is 0.963 bits per heavy atom. The van der Waals surface area contributed by atoms with Crippen molar-refractivity contribution in [2.45, 2.75) is 63.8 Å². The maximum absolute atomic E-state index is 3.85. The fourth-order valence-corrected chi connectivity index (χ4v) is 4.48. The van der Waals surface area contributed by atoms with Gasteiger partial charge in [-0.05, 0) is 75.1 Å². The molecule has 0 bridgehead atoms. The van der Waals surface area contributed by atoms with E-state index in [2.05, 4.69) is 53.3 Å². The van der Waals surface area contributed by atoms with Crippen LogP contribution in [0.4, 0.5) is 5.69 Å². The van der Waals surface area contributed by atoms with Gasteiger partial charge in [-0.1, -0.05) is 43.7 Å². The van der Waals surface area contributed by atoms with Crippen LogP contribution in [0.2, 0.25) is 0 Å². The molecule has 0 amide bonds. The van der Waals surface area contributed by atoms with Gasteiger partial charge in [-0.25, -0.2) is 0 Å². The van der Waals surface area contributed by atoms with E-state index in [1.165, 1.54) is 95.2 Å². The van der Waals surface area contributed by atoms with Crippen molar-refractivity contribution in [3.8, 4) is 0 Å². The lowest BCUT2D eigenvalue weighted by Gasteiger charge is -2.42. The van der Waals surface area contributed by atoms with E-state index in [1.54, 1.807) is 0 Å². The summed E-state index contributed by atoms with van der Waals surface area (Å²) in [7, 11) is 0. The van der Waals surface area contributed by atoms with Crippen molar-refractivity contribution in [1.82, 2.24) is 4.90 Å². The molecule has 0 unspecified atom stereocenters. The molecule has 2 heteroatoms. The van der Waals surface area contributed by atoms with Crippen molar-refractivity contribution in [2.75, 3.05) is 31.1 Å². The van der Waals surface area contributed by atoms with E-state index in [4.69, 9.17) is 0 Å². The van der Waals surface area contributed by atoms with E-state index in [9.17, 15) is 0 Å². The number of hydrogen-bond donors (Lipinski definition) is 0. The number of rotatable bonds is 11. The number of piperidine rings is 1. The smallest absolute Gasteiger partial charge is 0.0366 e. The molecule has 0 N–H and O–H groups in total. The molecule has 148 valence electrons. The number of benzene rings is 1. The van der Waals surface area contributed by atoms with Crippen LogP contribution in [0.1, 0.15) is 63.4 Å². The molecule has 1 saturated carbocycles. The molecule has 2 fully saturated rings.